The van der Waals surface area contributed by atoms with Crippen molar-refractivity contribution in [2.45, 2.75) is 213 Å². The van der Waals surface area contributed by atoms with E-state index in [1.165, 1.54) is 128 Å². The van der Waals surface area contributed by atoms with Gasteiger partial charge in [-0.2, -0.15) is 0 Å². The third-order valence-electron chi connectivity index (χ3n) is 9.03. The van der Waals surface area contributed by atoms with Crippen molar-refractivity contribution in [3.8, 4) is 0 Å². The van der Waals surface area contributed by atoms with Gasteiger partial charge in [0.15, 0.2) is 0 Å². The van der Waals surface area contributed by atoms with Crippen LogP contribution in [0.2, 0.25) is 0 Å². The number of ketones is 1. The maximum atomic E-state index is 13.1. The van der Waals surface area contributed by atoms with E-state index < -0.39 is 0 Å². The molecule has 0 aromatic rings. The van der Waals surface area contributed by atoms with Gasteiger partial charge in [-0.25, -0.2) is 0 Å². The van der Waals surface area contributed by atoms with Crippen LogP contribution >= 0.6 is 0 Å². The third-order valence-corrected chi connectivity index (χ3v) is 9.03. The van der Waals surface area contributed by atoms with E-state index in [0.29, 0.717) is 12.8 Å². The largest absolute Gasteiger partial charge is 0.324 e. The summed E-state index contributed by atoms with van der Waals surface area (Å²) in [5.74, 6) is 0.0425. The van der Waals surface area contributed by atoms with Crippen LogP contribution in [0.1, 0.15) is 213 Å². The van der Waals surface area contributed by atoms with Crippen LogP contribution in [0.3, 0.4) is 0 Å². The Kier molecular flexibility index (Phi) is 32.7. The number of nitrogens with one attached hydrogen (secondary N) is 1. The van der Waals surface area contributed by atoms with Crippen LogP contribution in [-0.2, 0) is 14.4 Å². The molecule has 5 nitrogen and oxygen atoms in total. The number of rotatable bonds is 34. The second-order valence-corrected chi connectivity index (χ2v) is 13.3. The Balaban J connectivity index is 4.24. The average molecular weight is 607 g/mol. The van der Waals surface area contributed by atoms with Crippen LogP contribution in [0.5, 0.6) is 0 Å². The van der Waals surface area contributed by atoms with Gasteiger partial charge in [0, 0.05) is 18.8 Å². The molecule has 0 aromatic heterocycles. The predicted molar refractivity (Wildman–Crippen MR) is 185 cm³/mol. The second kappa shape index (κ2) is 33.7. The topological polar surface area (TPSA) is 89.3 Å². The molecule has 1 unspecified atom stereocenters. The molecule has 1 atom stereocenters. The van der Waals surface area contributed by atoms with Crippen LogP contribution in [0.25, 0.3) is 0 Å². The van der Waals surface area contributed by atoms with Crippen molar-refractivity contribution < 1.29 is 14.4 Å². The van der Waals surface area contributed by atoms with Crippen molar-refractivity contribution in [2.24, 2.45) is 11.7 Å². The molecule has 0 bridgehead atoms. The van der Waals surface area contributed by atoms with Gasteiger partial charge in [0.25, 0.3) is 0 Å². The van der Waals surface area contributed by atoms with Gasteiger partial charge in [-0.05, 0) is 25.7 Å². The minimum Gasteiger partial charge on any atom is -0.324 e. The number of carbonyl (C=O) groups is 3. The number of amides is 2. The number of nitrogens with two attached hydrogens (primary N) is 1. The highest BCUT2D eigenvalue weighted by Crippen LogP contribution is 2.21. The van der Waals surface area contributed by atoms with Crippen molar-refractivity contribution in [3.63, 3.8) is 0 Å². The number of hydrogen-bond acceptors (Lipinski definition) is 4. The van der Waals surface area contributed by atoms with E-state index in [1.54, 1.807) is 0 Å². The van der Waals surface area contributed by atoms with Crippen molar-refractivity contribution in [1.29, 1.82) is 0 Å². The maximum absolute atomic E-state index is 13.1. The Morgan fingerprint density at radius 3 is 1.16 bits per heavy atom. The summed E-state index contributed by atoms with van der Waals surface area (Å²) in [7, 11) is 0. The van der Waals surface area contributed by atoms with E-state index in [9.17, 15) is 14.4 Å². The normalized spacial score (nSPS) is 12.0. The molecule has 0 aliphatic rings. The molecule has 0 fully saturated rings. The van der Waals surface area contributed by atoms with E-state index in [4.69, 9.17) is 5.73 Å². The first kappa shape index (κ1) is 41.8. The molecule has 0 radical (unpaired) electrons. The lowest BCUT2D eigenvalue weighted by molar-refractivity contribution is -0.133. The zero-order chi connectivity index (χ0) is 31.6. The van der Waals surface area contributed by atoms with Gasteiger partial charge in [0.2, 0.25) is 11.8 Å². The Labute approximate surface area is 268 Å². The van der Waals surface area contributed by atoms with Crippen molar-refractivity contribution in [2.75, 3.05) is 6.54 Å². The molecule has 0 aromatic carbocycles. The number of imide groups is 1. The molecule has 254 valence electrons. The number of hydrogen-bond donors (Lipinski definition) is 2. The lowest BCUT2D eigenvalue weighted by atomic mass is 9.93. The molecular formula is C38H74N2O3. The Morgan fingerprint density at radius 2 is 0.791 bits per heavy atom. The van der Waals surface area contributed by atoms with E-state index in [0.717, 1.165) is 57.8 Å². The van der Waals surface area contributed by atoms with Gasteiger partial charge in [-0.1, -0.05) is 174 Å². The number of Topliss-reactive ketones (excluding diaryl/α,β-unsaturated/α-hetero) is 1. The van der Waals surface area contributed by atoms with Crippen molar-refractivity contribution >= 4 is 17.6 Å². The van der Waals surface area contributed by atoms with E-state index in [-0.39, 0.29) is 30.1 Å². The monoisotopic (exact) mass is 607 g/mol. The summed E-state index contributed by atoms with van der Waals surface area (Å²) >= 11 is 0. The molecule has 0 saturated heterocycles. The summed E-state index contributed by atoms with van der Waals surface area (Å²) in [6.07, 6.45) is 36.1. The van der Waals surface area contributed by atoms with Crippen LogP contribution in [0.15, 0.2) is 0 Å². The minimum atomic E-state index is -0.0748. The van der Waals surface area contributed by atoms with Gasteiger partial charge in [-0.15, -0.1) is 0 Å². The molecule has 0 heterocycles. The van der Waals surface area contributed by atoms with Crippen LogP contribution in [0, 0.1) is 5.92 Å². The van der Waals surface area contributed by atoms with Crippen LogP contribution in [0.4, 0.5) is 0 Å². The molecular weight excluding hydrogens is 532 g/mol. The summed E-state index contributed by atoms with van der Waals surface area (Å²) < 4.78 is 0. The second-order valence-electron chi connectivity index (χ2n) is 13.3. The summed E-state index contributed by atoms with van der Waals surface area (Å²) in [6.45, 7) is 4.69. The smallest absolute Gasteiger partial charge is 0.229 e. The fraction of sp³-hybridized carbons (Fsp3) is 0.921. The molecule has 5 heteroatoms. The standard InChI is InChI=1S/C38H74N2O3/c1-3-5-7-9-11-13-15-18-22-26-30-35(31-27-23-19-16-17-20-24-28-32-36(41)34-39)38(43)40-37(42)33-29-25-21-14-12-10-8-6-4-2/h35H,3-34,39H2,1-2H3,(H,40,42,43). The number of unbranched alkanes of at least 4 members (excludes halogenated alkanes) is 24. The first-order valence-corrected chi connectivity index (χ1v) is 19.1. The average Bonchev–Trinajstić information content (AvgIpc) is 3.00. The van der Waals surface area contributed by atoms with E-state index in [1.807, 2.05) is 0 Å². The lowest BCUT2D eigenvalue weighted by Crippen LogP contribution is -2.35. The molecule has 0 spiro atoms. The molecule has 0 aliphatic carbocycles. The van der Waals surface area contributed by atoms with Crippen molar-refractivity contribution in [1.82, 2.24) is 5.32 Å². The summed E-state index contributed by atoms with van der Waals surface area (Å²) in [5.41, 5.74) is 5.37. The van der Waals surface area contributed by atoms with E-state index >= 15 is 0 Å². The molecule has 2 amide bonds. The summed E-state index contributed by atoms with van der Waals surface area (Å²) in [6, 6.07) is 0. The minimum absolute atomic E-state index is 0.0242. The van der Waals surface area contributed by atoms with Gasteiger partial charge >= 0.3 is 0 Å². The first-order valence-electron chi connectivity index (χ1n) is 19.1. The van der Waals surface area contributed by atoms with Gasteiger partial charge < -0.3 is 5.73 Å². The molecule has 3 N–H and O–H groups in total. The lowest BCUT2D eigenvalue weighted by Gasteiger charge is -2.16. The maximum Gasteiger partial charge on any atom is 0.229 e. The Bertz CT molecular complexity index is 637. The SMILES string of the molecule is CCCCCCCCCCCCC(CCCCCCCCCCC(=O)CN)C(=O)NC(=O)CCCCCCCCCCC. The van der Waals surface area contributed by atoms with Crippen molar-refractivity contribution in [3.05, 3.63) is 0 Å². The van der Waals surface area contributed by atoms with Gasteiger partial charge in [0.1, 0.15) is 5.78 Å². The Hall–Kier alpha value is -1.23. The fourth-order valence-corrected chi connectivity index (χ4v) is 6.06. The van der Waals surface area contributed by atoms with Crippen LogP contribution in [-0.4, -0.2) is 24.1 Å². The first-order chi connectivity index (χ1) is 21.0. The summed E-state index contributed by atoms with van der Waals surface area (Å²) in [5, 5.41) is 2.77. The fourth-order valence-electron chi connectivity index (χ4n) is 6.06. The molecule has 0 rings (SSSR count). The molecule has 0 aliphatic heterocycles. The Morgan fingerprint density at radius 1 is 0.465 bits per heavy atom. The third kappa shape index (κ3) is 30.6. The highest BCUT2D eigenvalue weighted by Gasteiger charge is 2.20. The summed E-state index contributed by atoms with van der Waals surface area (Å²) in [4.78, 5) is 36.9. The van der Waals surface area contributed by atoms with Gasteiger partial charge in [0.05, 0.1) is 6.54 Å². The zero-order valence-corrected chi connectivity index (χ0v) is 29.0. The molecule has 0 saturated carbocycles. The van der Waals surface area contributed by atoms with E-state index in [2.05, 4.69) is 19.2 Å². The quantitative estimate of drug-likeness (QED) is 0.0713. The highest BCUT2D eigenvalue weighted by molar-refractivity contribution is 5.96. The van der Waals surface area contributed by atoms with Gasteiger partial charge in [-0.3, -0.25) is 19.7 Å². The highest BCUT2D eigenvalue weighted by atomic mass is 16.2. The predicted octanol–water partition coefficient (Wildman–Crippen LogP) is 10.9. The zero-order valence-electron chi connectivity index (χ0n) is 29.0. The number of carbonyl (C=O) groups excluding carboxylic acids is 3. The van der Waals surface area contributed by atoms with Crippen LogP contribution < -0.4 is 11.1 Å². The molecule has 43 heavy (non-hydrogen) atoms.